The summed E-state index contributed by atoms with van der Waals surface area (Å²) in [6.45, 7) is 4.42. The van der Waals surface area contributed by atoms with Crippen molar-refractivity contribution in [1.82, 2.24) is 10.6 Å². The molecule has 0 aliphatic rings. The van der Waals surface area contributed by atoms with E-state index in [9.17, 15) is 9.59 Å². The van der Waals surface area contributed by atoms with Gasteiger partial charge in [0.15, 0.2) is 0 Å². The molecule has 0 atom stereocenters. The summed E-state index contributed by atoms with van der Waals surface area (Å²) in [5, 5.41) is 8.06. The van der Waals surface area contributed by atoms with Crippen LogP contribution in [0.1, 0.15) is 13.8 Å². The Morgan fingerprint density at radius 2 is 1.70 bits per heavy atom. The van der Waals surface area contributed by atoms with Gasteiger partial charge in [0, 0.05) is 24.7 Å². The minimum absolute atomic E-state index is 0.0256. The largest absolute Gasteiger partial charge is 0.497 e. The number of hydrogen-bond acceptors (Lipinski definition) is 3. The molecule has 0 bridgehead atoms. The van der Waals surface area contributed by atoms with Crippen molar-refractivity contribution in [3.63, 3.8) is 0 Å². The van der Waals surface area contributed by atoms with E-state index in [0.717, 1.165) is 5.75 Å². The molecule has 0 saturated heterocycles. The monoisotopic (exact) mass is 279 g/mol. The van der Waals surface area contributed by atoms with Crippen LogP contribution < -0.4 is 20.7 Å². The summed E-state index contributed by atoms with van der Waals surface area (Å²) in [6, 6.07) is 6.71. The molecule has 0 radical (unpaired) electrons. The van der Waals surface area contributed by atoms with Gasteiger partial charge in [0.05, 0.1) is 7.11 Å². The number of amides is 3. The molecule has 20 heavy (non-hydrogen) atoms. The number of ether oxygens (including phenoxy) is 1. The third-order valence-electron chi connectivity index (χ3n) is 2.58. The molecule has 0 heterocycles. The summed E-state index contributed by atoms with van der Waals surface area (Å²) >= 11 is 0. The summed E-state index contributed by atoms with van der Waals surface area (Å²) in [5.41, 5.74) is 0.675. The Kier molecular flexibility index (Phi) is 6.36. The lowest BCUT2D eigenvalue weighted by Crippen LogP contribution is -2.38. The fourth-order valence-corrected chi connectivity index (χ4v) is 1.42. The molecule has 110 valence electrons. The van der Waals surface area contributed by atoms with Crippen LogP contribution >= 0.6 is 0 Å². The van der Waals surface area contributed by atoms with Crippen molar-refractivity contribution < 1.29 is 14.3 Å². The van der Waals surface area contributed by atoms with E-state index in [-0.39, 0.29) is 17.9 Å². The van der Waals surface area contributed by atoms with Crippen molar-refractivity contribution in [3.8, 4) is 5.75 Å². The van der Waals surface area contributed by atoms with Crippen LogP contribution in [0.3, 0.4) is 0 Å². The fraction of sp³-hybridized carbons (Fsp3) is 0.429. The first-order valence-corrected chi connectivity index (χ1v) is 6.49. The van der Waals surface area contributed by atoms with E-state index in [1.807, 2.05) is 13.8 Å². The number of rotatable bonds is 6. The Balaban J connectivity index is 2.24. The number of carbonyl (C=O) groups is 2. The van der Waals surface area contributed by atoms with Crippen molar-refractivity contribution in [2.45, 2.75) is 13.8 Å². The fourth-order valence-electron chi connectivity index (χ4n) is 1.42. The summed E-state index contributed by atoms with van der Waals surface area (Å²) in [7, 11) is 1.58. The smallest absolute Gasteiger partial charge is 0.319 e. The second kappa shape index (κ2) is 8.04. The third kappa shape index (κ3) is 5.60. The topological polar surface area (TPSA) is 79.5 Å². The maximum Gasteiger partial charge on any atom is 0.319 e. The predicted molar refractivity (Wildman–Crippen MR) is 77.9 cm³/mol. The number of methoxy groups -OCH3 is 1. The molecule has 3 amide bonds. The average molecular weight is 279 g/mol. The van der Waals surface area contributed by atoms with Gasteiger partial charge in [-0.25, -0.2) is 4.79 Å². The van der Waals surface area contributed by atoms with Gasteiger partial charge in [-0.1, -0.05) is 13.8 Å². The molecule has 0 fully saturated rings. The number of hydrogen-bond donors (Lipinski definition) is 3. The van der Waals surface area contributed by atoms with Gasteiger partial charge in [0.25, 0.3) is 0 Å². The lowest BCUT2D eigenvalue weighted by atomic mass is 10.2. The van der Waals surface area contributed by atoms with E-state index >= 15 is 0 Å². The SMILES string of the molecule is COc1ccc(NC(=O)NCCNC(=O)C(C)C)cc1. The van der Waals surface area contributed by atoms with Gasteiger partial charge in [-0.05, 0) is 24.3 Å². The predicted octanol–water partition coefficient (Wildman–Crippen LogP) is 1.59. The van der Waals surface area contributed by atoms with Gasteiger partial charge in [-0.15, -0.1) is 0 Å². The molecule has 0 unspecified atom stereocenters. The molecule has 0 aromatic heterocycles. The van der Waals surface area contributed by atoms with Crippen LogP contribution in [-0.2, 0) is 4.79 Å². The lowest BCUT2D eigenvalue weighted by molar-refractivity contribution is -0.123. The first-order valence-electron chi connectivity index (χ1n) is 6.49. The zero-order valence-corrected chi connectivity index (χ0v) is 12.0. The minimum atomic E-state index is -0.311. The maximum atomic E-state index is 11.6. The van der Waals surface area contributed by atoms with E-state index in [4.69, 9.17) is 4.74 Å². The lowest BCUT2D eigenvalue weighted by Gasteiger charge is -2.10. The van der Waals surface area contributed by atoms with Crippen molar-refractivity contribution in [3.05, 3.63) is 24.3 Å². The highest BCUT2D eigenvalue weighted by molar-refractivity contribution is 5.89. The van der Waals surface area contributed by atoms with Crippen LogP contribution in [-0.4, -0.2) is 32.1 Å². The molecule has 0 aliphatic carbocycles. The van der Waals surface area contributed by atoms with Crippen LogP contribution in [0, 0.1) is 5.92 Å². The molecule has 1 aromatic rings. The molecule has 1 aromatic carbocycles. The highest BCUT2D eigenvalue weighted by atomic mass is 16.5. The number of benzene rings is 1. The zero-order valence-electron chi connectivity index (χ0n) is 12.0. The Hall–Kier alpha value is -2.24. The number of nitrogens with one attached hydrogen (secondary N) is 3. The second-order valence-electron chi connectivity index (χ2n) is 4.56. The molecule has 0 spiro atoms. The molecule has 0 saturated carbocycles. The van der Waals surface area contributed by atoms with Gasteiger partial charge in [0.1, 0.15) is 5.75 Å². The van der Waals surface area contributed by atoms with Crippen LogP contribution in [0.2, 0.25) is 0 Å². The number of anilines is 1. The van der Waals surface area contributed by atoms with Gasteiger partial charge in [0.2, 0.25) is 5.91 Å². The van der Waals surface area contributed by atoms with Crippen LogP contribution in [0.4, 0.5) is 10.5 Å². The van der Waals surface area contributed by atoms with Gasteiger partial charge < -0.3 is 20.7 Å². The first kappa shape index (κ1) is 15.8. The maximum absolute atomic E-state index is 11.6. The quantitative estimate of drug-likeness (QED) is 0.692. The highest BCUT2D eigenvalue weighted by Gasteiger charge is 2.05. The van der Waals surface area contributed by atoms with E-state index in [2.05, 4.69) is 16.0 Å². The zero-order chi connectivity index (χ0) is 15.0. The summed E-state index contributed by atoms with van der Waals surface area (Å²) in [6.07, 6.45) is 0. The molecule has 0 aliphatic heterocycles. The Morgan fingerprint density at radius 3 is 2.25 bits per heavy atom. The highest BCUT2D eigenvalue weighted by Crippen LogP contribution is 2.14. The molecular formula is C14H21N3O3. The van der Waals surface area contributed by atoms with Gasteiger partial charge in [-0.3, -0.25) is 4.79 Å². The molecule has 3 N–H and O–H groups in total. The Morgan fingerprint density at radius 1 is 1.10 bits per heavy atom. The van der Waals surface area contributed by atoms with Crippen molar-refractivity contribution in [2.75, 3.05) is 25.5 Å². The van der Waals surface area contributed by atoms with E-state index in [0.29, 0.717) is 18.8 Å². The van der Waals surface area contributed by atoms with Crippen molar-refractivity contribution in [2.24, 2.45) is 5.92 Å². The van der Waals surface area contributed by atoms with Crippen LogP contribution in [0.5, 0.6) is 5.75 Å². The van der Waals surface area contributed by atoms with Crippen LogP contribution in [0.15, 0.2) is 24.3 Å². The number of urea groups is 1. The number of carbonyl (C=O) groups excluding carboxylic acids is 2. The standard InChI is InChI=1S/C14H21N3O3/c1-10(2)13(18)15-8-9-16-14(19)17-11-4-6-12(20-3)7-5-11/h4-7,10H,8-9H2,1-3H3,(H,15,18)(H2,16,17,19). The second-order valence-corrected chi connectivity index (χ2v) is 4.56. The van der Waals surface area contributed by atoms with E-state index in [1.54, 1.807) is 31.4 Å². The van der Waals surface area contributed by atoms with E-state index < -0.39 is 0 Å². The molecular weight excluding hydrogens is 258 g/mol. The average Bonchev–Trinajstić information content (AvgIpc) is 2.44. The first-order chi connectivity index (χ1) is 9.52. The van der Waals surface area contributed by atoms with Gasteiger partial charge in [-0.2, -0.15) is 0 Å². The Labute approximate surface area is 118 Å². The van der Waals surface area contributed by atoms with E-state index in [1.165, 1.54) is 0 Å². The summed E-state index contributed by atoms with van der Waals surface area (Å²) < 4.78 is 5.03. The van der Waals surface area contributed by atoms with Crippen LogP contribution in [0.25, 0.3) is 0 Å². The Bertz CT molecular complexity index is 443. The summed E-state index contributed by atoms with van der Waals surface area (Å²) in [5.74, 6) is 0.651. The normalized spacial score (nSPS) is 10.0. The molecule has 1 rings (SSSR count). The molecule has 6 nitrogen and oxygen atoms in total. The van der Waals surface area contributed by atoms with Crippen molar-refractivity contribution >= 4 is 17.6 Å². The summed E-state index contributed by atoms with van der Waals surface area (Å²) in [4.78, 5) is 22.9. The van der Waals surface area contributed by atoms with Gasteiger partial charge >= 0.3 is 6.03 Å². The molecule has 6 heteroatoms. The minimum Gasteiger partial charge on any atom is -0.497 e. The van der Waals surface area contributed by atoms with Crippen molar-refractivity contribution in [1.29, 1.82) is 0 Å². The third-order valence-corrected chi connectivity index (χ3v) is 2.58.